The van der Waals surface area contributed by atoms with E-state index < -0.39 is 0 Å². The molecule has 0 unspecified atom stereocenters. The first kappa shape index (κ1) is 37.2. The van der Waals surface area contributed by atoms with Gasteiger partial charge >= 0.3 is 0 Å². The van der Waals surface area contributed by atoms with Crippen molar-refractivity contribution < 1.29 is 14.3 Å². The van der Waals surface area contributed by atoms with Crippen molar-refractivity contribution >= 4 is 40.4 Å². The van der Waals surface area contributed by atoms with Crippen LogP contribution in [0.1, 0.15) is 101 Å². The van der Waals surface area contributed by atoms with E-state index in [1.54, 1.807) is 35.6 Å². The van der Waals surface area contributed by atoms with Gasteiger partial charge in [-0.15, -0.1) is 31.7 Å². The van der Waals surface area contributed by atoms with Crippen LogP contribution >= 0.6 is 22.9 Å². The van der Waals surface area contributed by atoms with Crippen LogP contribution in [0.2, 0.25) is 5.02 Å². The molecular weight excluding hydrogens is 760 g/mol. The highest BCUT2D eigenvalue weighted by Gasteiger charge is 2.47. The van der Waals surface area contributed by atoms with Crippen molar-refractivity contribution in [2.24, 2.45) is 10.4 Å². The highest BCUT2D eigenvalue weighted by Crippen LogP contribution is 2.50. The fraction of sp³-hybridized carbons (Fsp3) is 0.429. The van der Waals surface area contributed by atoms with Gasteiger partial charge in [0.25, 0.3) is 5.91 Å². The molecule has 1 spiro atoms. The summed E-state index contributed by atoms with van der Waals surface area (Å²) in [6.07, 6.45) is 9.41. The van der Waals surface area contributed by atoms with Crippen LogP contribution in [0.3, 0.4) is 0 Å². The van der Waals surface area contributed by atoms with E-state index in [9.17, 15) is 4.79 Å². The number of nitrogens with zero attached hydrogens (tertiary/aromatic N) is 9. The molecule has 1 amide bonds. The van der Waals surface area contributed by atoms with Crippen molar-refractivity contribution in [3.63, 3.8) is 0 Å². The number of halogens is 1. The molecule has 2 saturated carbocycles. The lowest BCUT2D eigenvalue weighted by Gasteiger charge is -2.51. The van der Waals surface area contributed by atoms with E-state index in [1.165, 1.54) is 10.4 Å². The van der Waals surface area contributed by atoms with E-state index in [4.69, 9.17) is 36.3 Å². The number of nitriles is 1. The molecule has 1 aromatic carbocycles. The Kier molecular flexibility index (Phi) is 9.90. The maximum Gasteiger partial charge on any atom is 0.272 e. The van der Waals surface area contributed by atoms with Crippen LogP contribution in [-0.4, -0.2) is 72.9 Å². The molecule has 2 aliphatic carbocycles. The number of anilines is 1. The topological polar surface area (TPSA) is 156 Å². The zero-order valence-corrected chi connectivity index (χ0v) is 33.7. The van der Waals surface area contributed by atoms with Gasteiger partial charge in [0.1, 0.15) is 34.9 Å². The number of rotatable bonds is 8. The molecule has 15 heteroatoms. The summed E-state index contributed by atoms with van der Waals surface area (Å²) in [5, 5.41) is 31.2. The molecule has 13 nitrogen and oxygen atoms in total. The van der Waals surface area contributed by atoms with Gasteiger partial charge in [-0.25, -0.2) is 0 Å². The Morgan fingerprint density at radius 3 is 2.42 bits per heavy atom. The zero-order valence-electron chi connectivity index (χ0n) is 32.2. The number of ether oxygens (including phenoxy) is 2. The first-order valence-corrected chi connectivity index (χ1v) is 20.8. The number of aromatic nitrogens is 6. The molecule has 1 N–H and O–H groups in total. The van der Waals surface area contributed by atoms with Gasteiger partial charge in [-0.1, -0.05) is 11.6 Å². The molecule has 0 atom stereocenters. The minimum Gasteiger partial charge on any atom is -0.490 e. The van der Waals surface area contributed by atoms with Crippen molar-refractivity contribution in [2.75, 3.05) is 18.0 Å². The lowest BCUT2D eigenvalue weighted by molar-refractivity contribution is -0.0312. The Morgan fingerprint density at radius 2 is 1.72 bits per heavy atom. The first-order chi connectivity index (χ1) is 27.6. The van der Waals surface area contributed by atoms with Crippen molar-refractivity contribution in [1.82, 2.24) is 35.3 Å². The number of hydrogen-bond donors (Lipinski definition) is 1. The second-order valence-corrected chi connectivity index (χ2v) is 17.3. The third-order valence-electron chi connectivity index (χ3n) is 12.1. The van der Waals surface area contributed by atoms with Gasteiger partial charge in [-0.05, 0) is 120 Å². The molecule has 3 fully saturated rings. The lowest BCUT2D eigenvalue weighted by Crippen LogP contribution is -2.51. The van der Waals surface area contributed by atoms with Crippen LogP contribution < -0.4 is 19.7 Å². The smallest absolute Gasteiger partial charge is 0.272 e. The largest absolute Gasteiger partial charge is 0.490 e. The third-order valence-corrected chi connectivity index (χ3v) is 13.6. The number of aryl methyl sites for hydroxylation is 2. The first-order valence-electron chi connectivity index (χ1n) is 19.6. The highest BCUT2D eigenvalue weighted by molar-refractivity contribution is 7.15. The summed E-state index contributed by atoms with van der Waals surface area (Å²) in [6.45, 7) is 8.51. The molecule has 6 heterocycles. The van der Waals surface area contributed by atoms with E-state index in [0.29, 0.717) is 28.6 Å². The summed E-state index contributed by atoms with van der Waals surface area (Å²) >= 11 is 7.90. The molecule has 2 aliphatic heterocycles. The summed E-state index contributed by atoms with van der Waals surface area (Å²) in [5.41, 5.74) is 5.05. The number of carbonyl (C=O) groups excluding carboxylic acids is 1. The van der Waals surface area contributed by atoms with Gasteiger partial charge in [-0.3, -0.25) is 19.3 Å². The summed E-state index contributed by atoms with van der Waals surface area (Å²) in [4.78, 5) is 26.4. The number of piperidine rings is 1. The van der Waals surface area contributed by atoms with Crippen LogP contribution in [0, 0.1) is 37.5 Å². The van der Waals surface area contributed by atoms with Gasteiger partial charge in [0.05, 0.1) is 40.4 Å². The summed E-state index contributed by atoms with van der Waals surface area (Å²) < 4.78 is 14.6. The van der Waals surface area contributed by atoms with Gasteiger partial charge in [-0.2, -0.15) is 5.26 Å². The van der Waals surface area contributed by atoms with Gasteiger partial charge in [0.15, 0.2) is 17.3 Å². The number of thiophene rings is 1. The average Bonchev–Trinajstić information content (AvgIpc) is 3.66. The van der Waals surface area contributed by atoms with Crippen LogP contribution in [0.25, 0.3) is 5.00 Å². The molecule has 57 heavy (non-hydrogen) atoms. The highest BCUT2D eigenvalue weighted by atomic mass is 35.5. The third kappa shape index (κ3) is 7.34. The second kappa shape index (κ2) is 15.2. The molecule has 1 saturated heterocycles. The Hall–Kier alpha value is -5.39. The molecule has 0 bridgehead atoms. The molecule has 9 rings (SSSR count). The molecule has 5 aromatic rings. The fourth-order valence-electron chi connectivity index (χ4n) is 8.70. The van der Waals surface area contributed by atoms with Crippen LogP contribution in [-0.2, 0) is 6.54 Å². The molecule has 4 aromatic heterocycles. The quantitative estimate of drug-likeness (QED) is 0.169. The van der Waals surface area contributed by atoms with Crippen LogP contribution in [0.4, 0.5) is 5.82 Å². The van der Waals surface area contributed by atoms with Gasteiger partial charge in [0.2, 0.25) is 0 Å². The number of amides is 1. The van der Waals surface area contributed by atoms with Crippen LogP contribution in [0.15, 0.2) is 53.7 Å². The van der Waals surface area contributed by atoms with Crippen molar-refractivity contribution in [3.8, 4) is 22.6 Å². The van der Waals surface area contributed by atoms with E-state index in [1.807, 2.05) is 31.3 Å². The number of fused-ring (bicyclic) bond motifs is 3. The number of aliphatic imine (C=N–C) groups is 1. The van der Waals surface area contributed by atoms with Gasteiger partial charge in [0, 0.05) is 35.6 Å². The van der Waals surface area contributed by atoms with Crippen molar-refractivity contribution in [3.05, 3.63) is 98.3 Å². The Morgan fingerprint density at radius 1 is 0.947 bits per heavy atom. The lowest BCUT2D eigenvalue weighted by atomic mass is 9.61. The fourth-order valence-corrected chi connectivity index (χ4v) is 10.1. The Balaban J connectivity index is 0.730. The van der Waals surface area contributed by atoms with E-state index in [0.717, 1.165) is 110 Å². The molecule has 4 aliphatic rings. The predicted molar refractivity (Wildman–Crippen MR) is 217 cm³/mol. The SMILES string of the molecule is Cc1sc2c(c1C)C(c1ccc(OC3CC4(CCN(c5ccc(C(=O)N[C@H]6CC[C@H](Oc7ccc(C#N)c(Cl)c7)CC6)nn5)CC4)C3)cn1)=NCc1nnc(C)n1-2. The predicted octanol–water partition coefficient (Wildman–Crippen LogP) is 7.26. The number of hydrogen-bond acceptors (Lipinski definition) is 12. The zero-order chi connectivity index (χ0) is 39.3. The standard InChI is InChI=1S/C42H43ClN10O3S/c1-24-25(2)57-41-38(24)39(46-23-37-51-48-26(3)53(37)41)34-11-10-31(22-45-34)56-32-19-42(20-32)14-16-52(17-15-42)36-13-12-35(49-50-36)40(54)47-28-5-8-29(9-6-28)55-30-7-4-27(21-44)33(43)18-30/h4,7,10-13,18,22,28-29,32H,5-6,8-9,14-17,19-20,23H2,1-3H3,(H,47,54)/t28-,29-. The monoisotopic (exact) mass is 802 g/mol. The summed E-state index contributed by atoms with van der Waals surface area (Å²) in [5.74, 6) is 3.73. The summed E-state index contributed by atoms with van der Waals surface area (Å²) in [6, 6.07) is 15.0. The van der Waals surface area contributed by atoms with Crippen LogP contribution in [0.5, 0.6) is 11.5 Å². The van der Waals surface area contributed by atoms with E-state index >= 15 is 0 Å². The second-order valence-electron chi connectivity index (χ2n) is 15.7. The number of carbonyl (C=O) groups is 1. The minimum absolute atomic E-state index is 0.0341. The molecule has 0 radical (unpaired) electrons. The van der Waals surface area contributed by atoms with Crippen molar-refractivity contribution in [2.45, 2.75) is 96.9 Å². The summed E-state index contributed by atoms with van der Waals surface area (Å²) in [7, 11) is 0. The molecular formula is C42H43ClN10O3S. The van der Waals surface area contributed by atoms with Crippen molar-refractivity contribution in [1.29, 1.82) is 5.26 Å². The average molecular weight is 803 g/mol. The normalized spacial score (nSPS) is 20.1. The number of pyridine rings is 1. The van der Waals surface area contributed by atoms with Gasteiger partial charge < -0.3 is 19.7 Å². The Bertz CT molecular complexity index is 2380. The Labute approximate surface area is 340 Å². The molecule has 292 valence electrons. The number of benzene rings is 1. The minimum atomic E-state index is -0.207. The van der Waals surface area contributed by atoms with E-state index in [2.05, 4.69) is 55.1 Å². The maximum atomic E-state index is 13.0. The number of nitrogens with one attached hydrogen (secondary N) is 1. The van der Waals surface area contributed by atoms with E-state index in [-0.39, 0.29) is 29.6 Å². The maximum absolute atomic E-state index is 13.0.